The lowest BCUT2D eigenvalue weighted by Crippen LogP contribution is -2.32. The second-order valence-electron chi connectivity index (χ2n) is 10.5. The van der Waals surface area contributed by atoms with E-state index in [0.29, 0.717) is 12.8 Å². The number of carbonyl (C=O) groups is 1. The fraction of sp³-hybridized carbons (Fsp3) is 0.552. The van der Waals surface area contributed by atoms with Gasteiger partial charge < -0.3 is 14.9 Å². The Morgan fingerprint density at radius 1 is 0.919 bits per heavy atom. The van der Waals surface area contributed by atoms with Crippen LogP contribution < -0.4 is 0 Å². The van der Waals surface area contributed by atoms with Crippen molar-refractivity contribution in [2.75, 3.05) is 0 Å². The molecule has 7 nitrogen and oxygen atoms in total. The molecule has 8 heteroatoms. The Morgan fingerprint density at radius 2 is 1.54 bits per heavy atom. The van der Waals surface area contributed by atoms with Crippen LogP contribution in [-0.2, 0) is 19.6 Å². The van der Waals surface area contributed by atoms with Crippen LogP contribution in [-0.4, -0.2) is 35.3 Å². The molecule has 37 heavy (non-hydrogen) atoms. The van der Waals surface area contributed by atoms with Gasteiger partial charge in [-0.25, -0.2) is 0 Å². The van der Waals surface area contributed by atoms with Gasteiger partial charge in [-0.05, 0) is 93.2 Å². The first-order chi connectivity index (χ1) is 17.3. The van der Waals surface area contributed by atoms with Crippen LogP contribution in [0.5, 0.6) is 11.5 Å². The Morgan fingerprint density at radius 3 is 2.05 bits per heavy atom. The van der Waals surface area contributed by atoms with Crippen molar-refractivity contribution in [1.82, 2.24) is 0 Å². The largest absolute Gasteiger partial charge is 0.504 e. The standard InChI is InChI=1S/C29H42O7S/c1-6-9-10-24(8-3)36-28(32)29(4,5)19-23(22-13-16-26(30)27(31)18-22)17-20(7-2)21-11-14-25(15-12-21)37(33,34)35/h11-16,18,20,23-24,30-31H,6-10,17,19H2,1-5H3,(H,33,34,35). The Kier molecular flexibility index (Phi) is 11.0. The molecule has 206 valence electrons. The molecule has 0 aliphatic carbocycles. The smallest absolute Gasteiger partial charge is 0.311 e. The van der Waals surface area contributed by atoms with Crippen LogP contribution in [0.4, 0.5) is 0 Å². The van der Waals surface area contributed by atoms with Crippen LogP contribution in [0.3, 0.4) is 0 Å². The minimum absolute atomic E-state index is 0.0242. The van der Waals surface area contributed by atoms with Gasteiger partial charge in [-0.1, -0.05) is 51.8 Å². The second kappa shape index (κ2) is 13.3. The van der Waals surface area contributed by atoms with Gasteiger partial charge in [0.1, 0.15) is 6.10 Å². The molecule has 0 fully saturated rings. The van der Waals surface area contributed by atoms with E-state index in [1.54, 1.807) is 18.2 Å². The average molecular weight is 535 g/mol. The molecule has 0 aliphatic heterocycles. The number of phenols is 2. The Hall–Kier alpha value is -2.58. The molecule has 0 aromatic heterocycles. The SMILES string of the molecule is CCCCC(CC)OC(=O)C(C)(C)CC(CC(CC)c1ccc(S(=O)(=O)O)cc1)c1ccc(O)c(O)c1. The number of hydrogen-bond acceptors (Lipinski definition) is 6. The van der Waals surface area contributed by atoms with Gasteiger partial charge in [-0.3, -0.25) is 9.35 Å². The maximum absolute atomic E-state index is 13.2. The van der Waals surface area contributed by atoms with Crippen LogP contribution in [0.25, 0.3) is 0 Å². The van der Waals surface area contributed by atoms with Crippen molar-refractivity contribution in [1.29, 1.82) is 0 Å². The van der Waals surface area contributed by atoms with E-state index in [2.05, 4.69) is 6.92 Å². The lowest BCUT2D eigenvalue weighted by Gasteiger charge is -2.32. The van der Waals surface area contributed by atoms with E-state index >= 15 is 0 Å². The Bertz CT molecular complexity index is 1120. The third-order valence-electron chi connectivity index (χ3n) is 7.10. The molecule has 2 aromatic carbocycles. The zero-order valence-electron chi connectivity index (χ0n) is 22.6. The van der Waals surface area contributed by atoms with Gasteiger partial charge in [0.15, 0.2) is 11.5 Å². The molecule has 0 saturated carbocycles. The molecular formula is C29H42O7S. The summed E-state index contributed by atoms with van der Waals surface area (Å²) >= 11 is 0. The molecular weight excluding hydrogens is 492 g/mol. The van der Waals surface area contributed by atoms with Crippen molar-refractivity contribution in [3.8, 4) is 11.5 Å². The van der Waals surface area contributed by atoms with E-state index in [9.17, 15) is 28.0 Å². The molecule has 2 aromatic rings. The quantitative estimate of drug-likeness (QED) is 0.136. The van der Waals surface area contributed by atoms with E-state index in [1.807, 2.05) is 27.7 Å². The topological polar surface area (TPSA) is 121 Å². The highest BCUT2D eigenvalue weighted by atomic mass is 32.2. The third kappa shape index (κ3) is 8.75. The third-order valence-corrected chi connectivity index (χ3v) is 7.97. The first-order valence-electron chi connectivity index (χ1n) is 13.1. The fourth-order valence-electron chi connectivity index (χ4n) is 4.71. The fourth-order valence-corrected chi connectivity index (χ4v) is 5.19. The summed E-state index contributed by atoms with van der Waals surface area (Å²) in [6, 6.07) is 10.9. The summed E-state index contributed by atoms with van der Waals surface area (Å²) in [5.74, 6) is -0.823. The summed E-state index contributed by atoms with van der Waals surface area (Å²) in [5.41, 5.74) is 0.904. The molecule has 0 amide bonds. The number of aromatic hydroxyl groups is 2. The number of esters is 1. The number of benzene rings is 2. The van der Waals surface area contributed by atoms with Gasteiger partial charge in [0.05, 0.1) is 10.3 Å². The highest BCUT2D eigenvalue weighted by Gasteiger charge is 2.35. The first-order valence-corrected chi connectivity index (χ1v) is 14.6. The van der Waals surface area contributed by atoms with Crippen molar-refractivity contribution in [3.63, 3.8) is 0 Å². The van der Waals surface area contributed by atoms with Crippen molar-refractivity contribution in [2.24, 2.45) is 5.41 Å². The number of rotatable bonds is 14. The first kappa shape index (κ1) is 30.6. The van der Waals surface area contributed by atoms with Gasteiger partial charge in [0.25, 0.3) is 10.1 Å². The van der Waals surface area contributed by atoms with Gasteiger partial charge >= 0.3 is 5.97 Å². The normalized spacial score (nSPS) is 14.6. The molecule has 0 bridgehead atoms. The minimum atomic E-state index is -4.28. The van der Waals surface area contributed by atoms with Crippen molar-refractivity contribution in [3.05, 3.63) is 53.6 Å². The number of unbranched alkanes of at least 4 members (excludes halogenated alkanes) is 1. The van der Waals surface area contributed by atoms with Crippen LogP contribution in [0, 0.1) is 5.41 Å². The molecule has 3 atom stereocenters. The summed E-state index contributed by atoms with van der Waals surface area (Å²) < 4.78 is 38.1. The van der Waals surface area contributed by atoms with Crippen molar-refractivity contribution >= 4 is 16.1 Å². The van der Waals surface area contributed by atoms with E-state index in [0.717, 1.165) is 43.2 Å². The van der Waals surface area contributed by atoms with Crippen LogP contribution >= 0.6 is 0 Å². The number of phenolic OH excluding ortho intramolecular Hbond substituents is 2. The summed E-state index contributed by atoms with van der Waals surface area (Å²) in [7, 11) is -4.28. The maximum Gasteiger partial charge on any atom is 0.311 e. The maximum atomic E-state index is 13.2. The molecule has 2 rings (SSSR count). The van der Waals surface area contributed by atoms with Crippen molar-refractivity contribution in [2.45, 2.75) is 102 Å². The van der Waals surface area contributed by atoms with Crippen LogP contribution in [0.1, 0.15) is 103 Å². The monoisotopic (exact) mass is 534 g/mol. The lowest BCUT2D eigenvalue weighted by atomic mass is 9.74. The average Bonchev–Trinajstić information content (AvgIpc) is 2.85. The van der Waals surface area contributed by atoms with Gasteiger partial charge in [-0.15, -0.1) is 0 Å². The molecule has 0 aliphatic rings. The molecule has 0 radical (unpaired) electrons. The second-order valence-corrected chi connectivity index (χ2v) is 11.9. The number of carbonyl (C=O) groups excluding carboxylic acids is 1. The van der Waals surface area contributed by atoms with Gasteiger partial charge in [0, 0.05) is 0 Å². The molecule has 3 N–H and O–H groups in total. The zero-order chi connectivity index (χ0) is 27.8. The Balaban J connectivity index is 2.34. The summed E-state index contributed by atoms with van der Waals surface area (Å²) in [4.78, 5) is 13.1. The predicted molar refractivity (Wildman–Crippen MR) is 145 cm³/mol. The summed E-state index contributed by atoms with van der Waals surface area (Å²) in [6.45, 7) is 9.90. The zero-order valence-corrected chi connectivity index (χ0v) is 23.4. The summed E-state index contributed by atoms with van der Waals surface area (Å²) in [5, 5.41) is 20.0. The lowest BCUT2D eigenvalue weighted by molar-refractivity contribution is -0.161. The van der Waals surface area contributed by atoms with Gasteiger partial charge in [-0.2, -0.15) is 8.42 Å². The van der Waals surface area contributed by atoms with Crippen LogP contribution in [0.15, 0.2) is 47.4 Å². The van der Waals surface area contributed by atoms with Crippen molar-refractivity contribution < 1.29 is 32.7 Å². The molecule has 0 spiro atoms. The number of hydrogen-bond donors (Lipinski definition) is 3. The predicted octanol–water partition coefficient (Wildman–Crippen LogP) is 6.94. The summed E-state index contributed by atoms with van der Waals surface area (Å²) in [6.07, 6.45) is 5.34. The highest BCUT2D eigenvalue weighted by Crippen LogP contribution is 2.42. The molecule has 0 heterocycles. The van der Waals surface area contributed by atoms with E-state index in [-0.39, 0.29) is 40.3 Å². The van der Waals surface area contributed by atoms with E-state index in [1.165, 1.54) is 24.3 Å². The Labute approximate surface area is 221 Å². The number of ether oxygens (including phenoxy) is 1. The van der Waals surface area contributed by atoms with E-state index < -0.39 is 15.5 Å². The highest BCUT2D eigenvalue weighted by molar-refractivity contribution is 7.85. The molecule has 3 unspecified atom stereocenters. The molecule has 0 saturated heterocycles. The minimum Gasteiger partial charge on any atom is -0.504 e. The van der Waals surface area contributed by atoms with Crippen LogP contribution in [0.2, 0.25) is 0 Å². The van der Waals surface area contributed by atoms with Gasteiger partial charge in [0.2, 0.25) is 0 Å². The van der Waals surface area contributed by atoms with E-state index in [4.69, 9.17) is 4.74 Å².